The lowest BCUT2D eigenvalue weighted by Crippen LogP contribution is -2.40. The second kappa shape index (κ2) is 7.75. The zero-order chi connectivity index (χ0) is 20.5. The monoisotopic (exact) mass is 408 g/mol. The Morgan fingerprint density at radius 1 is 0.931 bits per heavy atom. The fourth-order valence-electron chi connectivity index (χ4n) is 3.83. The Hall–Kier alpha value is -3.06. The van der Waals surface area contributed by atoms with Gasteiger partial charge in [0.1, 0.15) is 0 Å². The number of imide groups is 1. The first-order chi connectivity index (χ1) is 14.0. The van der Waals surface area contributed by atoms with E-state index in [9.17, 15) is 19.7 Å². The number of rotatable bonds is 7. The molecule has 0 saturated heterocycles. The van der Waals surface area contributed by atoms with E-state index in [1.54, 1.807) is 24.3 Å². The van der Waals surface area contributed by atoms with E-state index in [2.05, 4.69) is 6.92 Å². The molecule has 4 rings (SSSR count). The van der Waals surface area contributed by atoms with Gasteiger partial charge in [-0.1, -0.05) is 55.7 Å². The van der Waals surface area contributed by atoms with Crippen LogP contribution in [0.4, 0.5) is 5.00 Å². The Labute approximate surface area is 171 Å². The van der Waals surface area contributed by atoms with Crippen LogP contribution in [-0.2, 0) is 0 Å². The van der Waals surface area contributed by atoms with Crippen molar-refractivity contribution >= 4 is 38.9 Å². The van der Waals surface area contributed by atoms with Crippen molar-refractivity contribution in [1.82, 2.24) is 4.90 Å². The Morgan fingerprint density at radius 2 is 1.66 bits per heavy atom. The number of nitrogens with zero attached hydrogens (tertiary/aromatic N) is 2. The Morgan fingerprint density at radius 3 is 2.34 bits per heavy atom. The first kappa shape index (κ1) is 19.3. The van der Waals surface area contributed by atoms with Crippen LogP contribution >= 0.6 is 11.3 Å². The minimum Gasteiger partial charge on any atom is -0.274 e. The molecule has 0 unspecified atom stereocenters. The summed E-state index contributed by atoms with van der Waals surface area (Å²) >= 11 is 1.08. The molecule has 2 amide bonds. The van der Waals surface area contributed by atoms with Crippen molar-refractivity contribution in [2.45, 2.75) is 32.6 Å². The molecule has 1 aromatic heterocycles. The van der Waals surface area contributed by atoms with Gasteiger partial charge in [0, 0.05) is 34.0 Å². The fraction of sp³-hybridized carbons (Fsp3) is 0.273. The van der Waals surface area contributed by atoms with Crippen LogP contribution in [0.3, 0.4) is 0 Å². The second-order valence-corrected chi connectivity index (χ2v) is 8.17. The quantitative estimate of drug-likeness (QED) is 0.219. The van der Waals surface area contributed by atoms with Crippen molar-refractivity contribution in [3.63, 3.8) is 0 Å². The van der Waals surface area contributed by atoms with Gasteiger partial charge < -0.3 is 0 Å². The number of hydrogen-bond acceptors (Lipinski definition) is 5. The number of carbonyl (C=O) groups is 2. The summed E-state index contributed by atoms with van der Waals surface area (Å²) in [4.78, 5) is 38.8. The smallest absolute Gasteiger partial charge is 0.274 e. The maximum atomic E-state index is 13.0. The van der Waals surface area contributed by atoms with Crippen LogP contribution in [-0.4, -0.2) is 28.2 Å². The zero-order valence-corrected chi connectivity index (χ0v) is 16.8. The maximum absolute atomic E-state index is 13.0. The van der Waals surface area contributed by atoms with Crippen LogP contribution in [0.25, 0.3) is 21.2 Å². The number of nitro groups is 1. The molecule has 0 fully saturated rings. The molecular weight excluding hydrogens is 388 g/mol. The number of amides is 2. The highest BCUT2D eigenvalue weighted by Gasteiger charge is 2.33. The van der Waals surface area contributed by atoms with Gasteiger partial charge in [-0.25, -0.2) is 0 Å². The molecule has 148 valence electrons. The van der Waals surface area contributed by atoms with Crippen molar-refractivity contribution in [2.75, 3.05) is 6.54 Å². The lowest BCUT2D eigenvalue weighted by Gasteiger charge is -2.27. The van der Waals surface area contributed by atoms with Gasteiger partial charge in [-0.3, -0.25) is 24.6 Å². The van der Waals surface area contributed by atoms with Crippen LogP contribution in [0.15, 0.2) is 42.5 Å². The summed E-state index contributed by atoms with van der Waals surface area (Å²) in [7, 11) is 0. The predicted octanol–water partition coefficient (Wildman–Crippen LogP) is 5.65. The molecule has 0 N–H and O–H groups in total. The van der Waals surface area contributed by atoms with Crippen LogP contribution in [0.1, 0.15) is 53.3 Å². The molecule has 1 aliphatic heterocycles. The molecule has 2 heterocycles. The molecule has 0 bridgehead atoms. The van der Waals surface area contributed by atoms with Crippen LogP contribution in [0, 0.1) is 10.1 Å². The minimum absolute atomic E-state index is 0.0610. The number of thiophene rings is 1. The summed E-state index contributed by atoms with van der Waals surface area (Å²) in [6.45, 7) is 2.54. The largest absolute Gasteiger partial charge is 0.324 e. The topological polar surface area (TPSA) is 80.5 Å². The molecular formula is C22H20N2O4S. The molecule has 0 spiro atoms. The highest BCUT2D eigenvalue weighted by Crippen LogP contribution is 2.40. The second-order valence-electron chi connectivity index (χ2n) is 7.11. The Balaban J connectivity index is 1.77. The van der Waals surface area contributed by atoms with Crippen molar-refractivity contribution in [3.05, 3.63) is 63.7 Å². The van der Waals surface area contributed by atoms with E-state index < -0.39 is 4.92 Å². The summed E-state index contributed by atoms with van der Waals surface area (Å²) in [6, 6.07) is 12.2. The highest BCUT2D eigenvalue weighted by molar-refractivity contribution is 7.18. The minimum atomic E-state index is -0.414. The van der Waals surface area contributed by atoms with Gasteiger partial charge in [0.25, 0.3) is 11.8 Å². The van der Waals surface area contributed by atoms with Gasteiger partial charge in [-0.2, -0.15) is 0 Å². The number of benzene rings is 2. The molecule has 1 aliphatic rings. The SMILES string of the molecule is CCCCCCN1C(=O)c2cccc3c(-c4ccc([N+](=O)[O-])s4)ccc(c23)C1=O. The third-order valence-electron chi connectivity index (χ3n) is 5.26. The molecule has 6 nitrogen and oxygen atoms in total. The van der Waals surface area contributed by atoms with E-state index in [0.29, 0.717) is 23.1 Å². The molecule has 0 atom stereocenters. The molecule has 0 saturated carbocycles. The predicted molar refractivity (Wildman–Crippen MR) is 113 cm³/mol. The average molecular weight is 408 g/mol. The number of unbranched alkanes of at least 4 members (excludes halogenated alkanes) is 3. The van der Waals surface area contributed by atoms with Crippen LogP contribution in [0.2, 0.25) is 0 Å². The van der Waals surface area contributed by atoms with Crippen LogP contribution in [0.5, 0.6) is 0 Å². The van der Waals surface area contributed by atoms with Gasteiger partial charge in [0.2, 0.25) is 0 Å². The van der Waals surface area contributed by atoms with Gasteiger partial charge in [0.15, 0.2) is 0 Å². The van der Waals surface area contributed by atoms with Crippen molar-refractivity contribution in [3.8, 4) is 10.4 Å². The molecule has 2 aromatic carbocycles. The third-order valence-corrected chi connectivity index (χ3v) is 6.33. The first-order valence-electron chi connectivity index (χ1n) is 9.69. The number of carbonyl (C=O) groups excluding carboxylic acids is 2. The van der Waals surface area contributed by atoms with E-state index in [0.717, 1.165) is 52.8 Å². The molecule has 29 heavy (non-hydrogen) atoms. The van der Waals surface area contributed by atoms with Crippen molar-refractivity contribution in [1.29, 1.82) is 0 Å². The summed E-state index contributed by atoms with van der Waals surface area (Å²) in [5, 5.41) is 12.5. The lowest BCUT2D eigenvalue weighted by molar-refractivity contribution is -0.380. The van der Waals surface area contributed by atoms with Crippen LogP contribution < -0.4 is 0 Å². The maximum Gasteiger partial charge on any atom is 0.324 e. The summed E-state index contributed by atoms with van der Waals surface area (Å²) in [5.41, 5.74) is 1.82. The van der Waals surface area contributed by atoms with Crippen molar-refractivity contribution in [2.24, 2.45) is 0 Å². The molecule has 0 aliphatic carbocycles. The van der Waals surface area contributed by atoms with Gasteiger partial charge in [-0.05, 0) is 35.6 Å². The van der Waals surface area contributed by atoms with E-state index in [1.165, 1.54) is 11.0 Å². The van der Waals surface area contributed by atoms with Gasteiger partial charge in [0.05, 0.1) is 4.92 Å². The summed E-state index contributed by atoms with van der Waals surface area (Å²) in [6.07, 6.45) is 3.96. The molecule has 7 heteroatoms. The Bertz CT molecular complexity index is 1110. The first-order valence-corrected chi connectivity index (χ1v) is 10.5. The fourth-order valence-corrected chi connectivity index (χ4v) is 4.69. The third kappa shape index (κ3) is 3.31. The van der Waals surface area contributed by atoms with Crippen molar-refractivity contribution < 1.29 is 14.5 Å². The average Bonchev–Trinajstić information content (AvgIpc) is 3.21. The Kier molecular flexibility index (Phi) is 5.15. The van der Waals surface area contributed by atoms with E-state index in [1.807, 2.05) is 12.1 Å². The zero-order valence-electron chi connectivity index (χ0n) is 16.0. The lowest BCUT2D eigenvalue weighted by atomic mass is 9.90. The standard InChI is InChI=1S/C22H20N2O4S/c1-2-3-4-5-13-23-21(25)16-8-6-7-15-14(9-10-17(20(15)16)22(23)26)18-11-12-19(29-18)24(27)28/h6-12H,2-5,13H2,1H3. The molecule has 0 radical (unpaired) electrons. The number of hydrogen-bond donors (Lipinski definition) is 0. The summed E-state index contributed by atoms with van der Waals surface area (Å²) < 4.78 is 0. The van der Waals surface area contributed by atoms with E-state index >= 15 is 0 Å². The van der Waals surface area contributed by atoms with Gasteiger partial charge in [-0.15, -0.1) is 0 Å². The van der Waals surface area contributed by atoms with E-state index in [4.69, 9.17) is 0 Å². The summed E-state index contributed by atoms with van der Waals surface area (Å²) in [5.74, 6) is -0.530. The van der Waals surface area contributed by atoms with Gasteiger partial charge >= 0.3 is 5.00 Å². The molecule has 3 aromatic rings. The highest BCUT2D eigenvalue weighted by atomic mass is 32.1. The van der Waals surface area contributed by atoms with E-state index in [-0.39, 0.29) is 16.8 Å². The normalized spacial score (nSPS) is 13.3.